The zero-order valence-electron chi connectivity index (χ0n) is 14.0. The summed E-state index contributed by atoms with van der Waals surface area (Å²) in [6.45, 7) is 10.1. The standard InChI is InChI=1S/C17H28N2O2/c1-11(2)14-8-7-12(3)9-15(14)21-13(4)10-17(5,19-6)16(18)20/h7-9,11,13,19H,10H2,1-6H3,(H2,18,20). The van der Waals surface area contributed by atoms with Crippen LogP contribution in [0.4, 0.5) is 0 Å². The number of nitrogens with one attached hydrogen (secondary N) is 1. The van der Waals surface area contributed by atoms with Gasteiger partial charge in [-0.2, -0.15) is 0 Å². The van der Waals surface area contributed by atoms with E-state index in [1.807, 2.05) is 19.9 Å². The van der Waals surface area contributed by atoms with Crippen molar-refractivity contribution >= 4 is 5.91 Å². The summed E-state index contributed by atoms with van der Waals surface area (Å²) in [5, 5.41) is 2.99. The number of carbonyl (C=O) groups is 1. The van der Waals surface area contributed by atoms with Gasteiger partial charge in [-0.05, 0) is 50.9 Å². The largest absolute Gasteiger partial charge is 0.490 e. The fourth-order valence-electron chi connectivity index (χ4n) is 2.38. The summed E-state index contributed by atoms with van der Waals surface area (Å²) in [7, 11) is 1.74. The van der Waals surface area contributed by atoms with Gasteiger partial charge in [0, 0.05) is 6.42 Å². The lowest BCUT2D eigenvalue weighted by Gasteiger charge is -2.29. The molecule has 3 N–H and O–H groups in total. The molecule has 2 atom stereocenters. The van der Waals surface area contributed by atoms with Gasteiger partial charge in [0.2, 0.25) is 5.91 Å². The number of aryl methyl sites for hydroxylation is 1. The molecule has 0 heterocycles. The van der Waals surface area contributed by atoms with Crippen molar-refractivity contribution in [2.24, 2.45) is 5.73 Å². The molecule has 118 valence electrons. The molecule has 1 amide bonds. The van der Waals surface area contributed by atoms with Gasteiger partial charge in [-0.25, -0.2) is 0 Å². The number of ether oxygens (including phenoxy) is 1. The van der Waals surface area contributed by atoms with E-state index in [4.69, 9.17) is 10.5 Å². The van der Waals surface area contributed by atoms with Crippen LogP contribution in [0, 0.1) is 6.92 Å². The number of benzene rings is 1. The number of hydrogen-bond donors (Lipinski definition) is 2. The molecule has 0 aliphatic rings. The number of rotatable bonds is 7. The predicted molar refractivity (Wildman–Crippen MR) is 86.6 cm³/mol. The third-order valence-electron chi connectivity index (χ3n) is 3.91. The summed E-state index contributed by atoms with van der Waals surface area (Å²) >= 11 is 0. The van der Waals surface area contributed by atoms with Crippen molar-refractivity contribution in [1.82, 2.24) is 5.32 Å². The maximum atomic E-state index is 11.6. The van der Waals surface area contributed by atoms with E-state index in [0.29, 0.717) is 12.3 Å². The van der Waals surface area contributed by atoms with Gasteiger partial charge in [0.25, 0.3) is 0 Å². The molecule has 21 heavy (non-hydrogen) atoms. The van der Waals surface area contributed by atoms with Gasteiger partial charge in [-0.3, -0.25) is 4.79 Å². The molecule has 0 radical (unpaired) electrons. The summed E-state index contributed by atoms with van der Waals surface area (Å²) in [4.78, 5) is 11.6. The summed E-state index contributed by atoms with van der Waals surface area (Å²) in [6.07, 6.45) is 0.402. The minimum Gasteiger partial charge on any atom is -0.490 e. The van der Waals surface area contributed by atoms with Gasteiger partial charge >= 0.3 is 0 Å². The van der Waals surface area contributed by atoms with Crippen molar-refractivity contribution in [2.45, 2.75) is 58.6 Å². The minimum absolute atomic E-state index is 0.116. The molecular formula is C17H28N2O2. The van der Waals surface area contributed by atoms with Gasteiger partial charge in [-0.1, -0.05) is 26.0 Å². The first-order valence-corrected chi connectivity index (χ1v) is 7.45. The Morgan fingerprint density at radius 2 is 2.00 bits per heavy atom. The molecule has 4 heteroatoms. The van der Waals surface area contributed by atoms with Crippen LogP contribution >= 0.6 is 0 Å². The Morgan fingerprint density at radius 1 is 1.38 bits per heavy atom. The SMILES string of the molecule is CNC(C)(CC(C)Oc1cc(C)ccc1C(C)C)C(N)=O. The molecular weight excluding hydrogens is 264 g/mol. The summed E-state index contributed by atoms with van der Waals surface area (Å²) in [5.74, 6) is 0.911. The first kappa shape index (κ1) is 17.5. The maximum absolute atomic E-state index is 11.6. The van der Waals surface area contributed by atoms with Crippen LogP contribution in [0.25, 0.3) is 0 Å². The zero-order valence-corrected chi connectivity index (χ0v) is 14.0. The van der Waals surface area contributed by atoms with E-state index in [2.05, 4.69) is 31.3 Å². The Labute approximate surface area is 128 Å². The van der Waals surface area contributed by atoms with E-state index in [-0.39, 0.29) is 12.0 Å². The fraction of sp³-hybridized carbons (Fsp3) is 0.588. The second-order valence-electron chi connectivity index (χ2n) is 6.27. The molecule has 0 saturated carbocycles. The molecule has 4 nitrogen and oxygen atoms in total. The van der Waals surface area contributed by atoms with E-state index in [9.17, 15) is 4.79 Å². The van der Waals surface area contributed by atoms with Crippen LogP contribution in [-0.4, -0.2) is 24.6 Å². The molecule has 1 aromatic rings. The molecule has 0 bridgehead atoms. The lowest BCUT2D eigenvalue weighted by molar-refractivity contribution is -0.124. The Kier molecular flexibility index (Phi) is 5.78. The monoisotopic (exact) mass is 292 g/mol. The summed E-state index contributed by atoms with van der Waals surface area (Å²) in [5.41, 5.74) is 7.04. The van der Waals surface area contributed by atoms with Crippen LogP contribution in [0.15, 0.2) is 18.2 Å². The van der Waals surface area contributed by atoms with Crippen LogP contribution in [-0.2, 0) is 4.79 Å². The highest BCUT2D eigenvalue weighted by Crippen LogP contribution is 2.29. The number of amides is 1. The molecule has 1 aromatic carbocycles. The van der Waals surface area contributed by atoms with Gasteiger partial charge in [0.15, 0.2) is 0 Å². The molecule has 0 aromatic heterocycles. The van der Waals surface area contributed by atoms with Gasteiger partial charge in [-0.15, -0.1) is 0 Å². The Balaban J connectivity index is 2.91. The van der Waals surface area contributed by atoms with Crippen LogP contribution in [0.3, 0.4) is 0 Å². The van der Waals surface area contributed by atoms with E-state index in [1.54, 1.807) is 14.0 Å². The molecule has 0 saturated heterocycles. The summed E-state index contributed by atoms with van der Waals surface area (Å²) in [6, 6.07) is 6.24. The smallest absolute Gasteiger partial charge is 0.237 e. The van der Waals surface area contributed by atoms with E-state index < -0.39 is 5.54 Å². The minimum atomic E-state index is -0.763. The average Bonchev–Trinajstić information content (AvgIpc) is 2.37. The quantitative estimate of drug-likeness (QED) is 0.812. The highest BCUT2D eigenvalue weighted by molar-refractivity contribution is 5.84. The summed E-state index contributed by atoms with van der Waals surface area (Å²) < 4.78 is 6.09. The number of nitrogens with two attached hydrogens (primary N) is 1. The lowest BCUT2D eigenvalue weighted by atomic mass is 9.94. The van der Waals surface area contributed by atoms with E-state index in [0.717, 1.165) is 11.3 Å². The van der Waals surface area contributed by atoms with Gasteiger partial charge in [0.05, 0.1) is 11.6 Å². The highest BCUT2D eigenvalue weighted by Gasteiger charge is 2.31. The lowest BCUT2D eigenvalue weighted by Crippen LogP contribution is -2.53. The van der Waals surface area contributed by atoms with Crippen LogP contribution in [0.2, 0.25) is 0 Å². The molecule has 2 unspecified atom stereocenters. The molecule has 1 rings (SSSR count). The highest BCUT2D eigenvalue weighted by atomic mass is 16.5. The second-order valence-corrected chi connectivity index (χ2v) is 6.27. The van der Waals surface area contributed by atoms with Crippen LogP contribution in [0.1, 0.15) is 51.2 Å². The average molecular weight is 292 g/mol. The Morgan fingerprint density at radius 3 is 2.48 bits per heavy atom. The van der Waals surface area contributed by atoms with Gasteiger partial charge < -0.3 is 15.8 Å². The topological polar surface area (TPSA) is 64.3 Å². The predicted octanol–water partition coefficient (Wildman–Crippen LogP) is 2.74. The van der Waals surface area contributed by atoms with E-state index >= 15 is 0 Å². The maximum Gasteiger partial charge on any atom is 0.237 e. The van der Waals surface area contributed by atoms with Crippen molar-refractivity contribution in [3.63, 3.8) is 0 Å². The van der Waals surface area contributed by atoms with Crippen molar-refractivity contribution < 1.29 is 9.53 Å². The molecule has 0 aliphatic carbocycles. The van der Waals surface area contributed by atoms with Crippen molar-refractivity contribution in [1.29, 1.82) is 0 Å². The van der Waals surface area contributed by atoms with Gasteiger partial charge in [0.1, 0.15) is 5.75 Å². The normalized spacial score (nSPS) is 15.6. The number of carbonyl (C=O) groups excluding carboxylic acids is 1. The Hall–Kier alpha value is -1.55. The van der Waals surface area contributed by atoms with Crippen LogP contribution < -0.4 is 15.8 Å². The van der Waals surface area contributed by atoms with E-state index in [1.165, 1.54) is 5.56 Å². The number of hydrogen-bond acceptors (Lipinski definition) is 3. The molecule has 0 spiro atoms. The third kappa shape index (κ3) is 4.46. The fourth-order valence-corrected chi connectivity index (χ4v) is 2.38. The zero-order chi connectivity index (χ0) is 16.2. The van der Waals surface area contributed by atoms with Crippen molar-refractivity contribution in [2.75, 3.05) is 7.05 Å². The third-order valence-corrected chi connectivity index (χ3v) is 3.91. The van der Waals surface area contributed by atoms with Crippen LogP contribution in [0.5, 0.6) is 5.75 Å². The van der Waals surface area contributed by atoms with Crippen molar-refractivity contribution in [3.05, 3.63) is 29.3 Å². The second kappa shape index (κ2) is 6.94. The number of primary amides is 1. The molecule has 0 aliphatic heterocycles. The molecule has 0 fully saturated rings. The first-order valence-electron chi connectivity index (χ1n) is 7.45. The van der Waals surface area contributed by atoms with Crippen molar-refractivity contribution in [3.8, 4) is 5.75 Å². The first-order chi connectivity index (χ1) is 9.69. The number of likely N-dealkylation sites (N-methyl/N-ethyl adjacent to an activating group) is 1. The Bertz CT molecular complexity index is 500.